The second kappa shape index (κ2) is 23.0. The summed E-state index contributed by atoms with van der Waals surface area (Å²) < 4.78 is 52.2. The van der Waals surface area contributed by atoms with Crippen LogP contribution < -0.4 is 29.7 Å². The van der Waals surface area contributed by atoms with Crippen LogP contribution in [0.25, 0.3) is 50.0 Å². The van der Waals surface area contributed by atoms with Gasteiger partial charge < -0.3 is 44.7 Å². The normalized spacial score (nSPS) is 19.5. The number of terminal acetylenes is 1. The van der Waals surface area contributed by atoms with Crippen molar-refractivity contribution < 1.29 is 32.9 Å². The number of carbonyl (C=O) groups is 1. The van der Waals surface area contributed by atoms with Gasteiger partial charge in [-0.3, -0.25) is 19.2 Å². The van der Waals surface area contributed by atoms with E-state index in [-0.39, 0.29) is 62.5 Å². The van der Waals surface area contributed by atoms with Gasteiger partial charge in [-0.15, -0.1) is 16.6 Å². The van der Waals surface area contributed by atoms with E-state index in [1.807, 2.05) is 35.8 Å². The predicted octanol–water partition coefficient (Wildman–Crippen LogP) is 8.58. The molecule has 4 saturated heterocycles. The topological polar surface area (TPSA) is 171 Å². The van der Waals surface area contributed by atoms with Crippen molar-refractivity contribution in [2.75, 3.05) is 97.7 Å². The fourth-order valence-corrected chi connectivity index (χ4v) is 12.9. The number of anilines is 1. The van der Waals surface area contributed by atoms with Crippen LogP contribution in [0.3, 0.4) is 0 Å². The van der Waals surface area contributed by atoms with Gasteiger partial charge in [0.05, 0.1) is 37.3 Å². The van der Waals surface area contributed by atoms with E-state index in [0.717, 1.165) is 120 Å². The highest BCUT2D eigenvalue weighted by Crippen LogP contribution is 2.47. The van der Waals surface area contributed by atoms with Crippen molar-refractivity contribution in [1.82, 2.24) is 55.0 Å². The number of aromatic nitrogens is 6. The summed E-state index contributed by atoms with van der Waals surface area (Å²) in [5, 5.41) is 27.5. The maximum atomic E-state index is 17.2. The first-order valence-corrected chi connectivity index (χ1v) is 29.0. The number of piperazine rings is 2. The molecule has 3 aromatic heterocycles. The SMILES string of the molecule is C#Cc1c(F)ccc2cc(O)cc(-c3ncc4c(N5CC6CCC(C5)N6)nc(OCC5(CN6CCN(CC7CCN(Cc8ccc(-n9c(C(=O)NCC)nnc9-c9cc(C(C)C)c(OC)cc9OC)cc8)CC7)CC6)CC5)nc4c3F)c12. The van der Waals surface area contributed by atoms with Gasteiger partial charge in [0.15, 0.2) is 11.6 Å². The molecule has 1 aliphatic carbocycles. The minimum Gasteiger partial charge on any atom is -0.508 e. The molecule has 0 radical (unpaired) electrons. The molecule has 2 unspecified atom stereocenters. The van der Waals surface area contributed by atoms with Crippen molar-refractivity contribution in [2.24, 2.45) is 11.3 Å². The number of benzene rings is 4. The van der Waals surface area contributed by atoms with Gasteiger partial charge in [-0.2, -0.15) is 9.97 Å². The molecule has 0 spiro atoms. The third-order valence-corrected chi connectivity index (χ3v) is 17.5. The second-order valence-corrected chi connectivity index (χ2v) is 23.5. The molecule has 82 heavy (non-hydrogen) atoms. The fourth-order valence-electron chi connectivity index (χ4n) is 12.9. The smallest absolute Gasteiger partial charge is 0.319 e. The number of amides is 1. The van der Waals surface area contributed by atoms with Crippen molar-refractivity contribution in [3.8, 4) is 63.9 Å². The molecule has 3 N–H and O–H groups in total. The molecule has 1 saturated carbocycles. The quantitative estimate of drug-likeness (QED) is 0.0698. The second-order valence-electron chi connectivity index (χ2n) is 23.5. The Balaban J connectivity index is 0.666. The number of piperidine rings is 1. The third kappa shape index (κ3) is 11.0. The summed E-state index contributed by atoms with van der Waals surface area (Å²) >= 11 is 0. The van der Waals surface area contributed by atoms with Crippen molar-refractivity contribution in [1.29, 1.82) is 0 Å². The predicted molar refractivity (Wildman–Crippen MR) is 312 cm³/mol. The van der Waals surface area contributed by atoms with Crippen LogP contribution in [0.15, 0.2) is 66.9 Å². The number of aromatic hydroxyl groups is 1. The Morgan fingerprint density at radius 2 is 1.61 bits per heavy atom. The molecule has 17 nitrogen and oxygen atoms in total. The number of nitrogens with zero attached hydrogens (tertiary/aromatic N) is 10. The van der Waals surface area contributed by atoms with E-state index in [9.17, 15) is 9.90 Å². The lowest BCUT2D eigenvalue weighted by atomic mass is 9.95. The number of phenolic OH excluding ortho intramolecular Hbond substituents is 1. The number of ether oxygens (including phenoxy) is 3. The zero-order valence-corrected chi connectivity index (χ0v) is 47.5. The standard InChI is InChI=1S/C63H72F2N12O5/c1-7-46-51(64)16-11-41-27-45(78)28-49(54(41)46)56-55(65)57-50(31-67-56)58(76-34-42-12-13-43(35-76)68-42)70-62(69-57)82-37-63(19-20-63)36-75-25-23-74(24-26-75)33-40-17-21-73(22-18-40)32-39-9-14-44(15-10-39)77-59(71-72-60(77)61(79)66-8-2)48-29-47(38(3)4)52(80-5)30-53(48)81-6/h1,9-11,14-16,27-31,38,40,42-43,68,78H,8,12-13,17-26,32-37H2,2-6H3,(H,66,79). The zero-order chi connectivity index (χ0) is 56.8. The van der Waals surface area contributed by atoms with Gasteiger partial charge in [0.1, 0.15) is 40.1 Å². The van der Waals surface area contributed by atoms with Crippen molar-refractivity contribution in [3.63, 3.8) is 0 Å². The van der Waals surface area contributed by atoms with Crippen LogP contribution >= 0.6 is 0 Å². The van der Waals surface area contributed by atoms with Gasteiger partial charge in [0.2, 0.25) is 5.82 Å². The first-order valence-electron chi connectivity index (χ1n) is 29.0. The highest BCUT2D eigenvalue weighted by Gasteiger charge is 2.46. The van der Waals surface area contributed by atoms with Crippen LogP contribution in [0.1, 0.15) is 92.5 Å². The molecule has 2 atom stereocenters. The molecule has 7 aromatic rings. The summed E-state index contributed by atoms with van der Waals surface area (Å²) in [6, 6.07) is 18.5. The number of carbonyl (C=O) groups excluding carboxylic acids is 1. The van der Waals surface area contributed by atoms with Crippen LogP contribution in [-0.2, 0) is 6.54 Å². The van der Waals surface area contributed by atoms with Gasteiger partial charge in [0.25, 0.3) is 5.91 Å². The van der Waals surface area contributed by atoms with Crippen molar-refractivity contribution in [3.05, 3.63) is 101 Å². The lowest BCUT2D eigenvalue weighted by Gasteiger charge is -2.39. The van der Waals surface area contributed by atoms with Crippen molar-refractivity contribution in [2.45, 2.75) is 83.8 Å². The Hall–Kier alpha value is -7.50. The molecule has 428 valence electrons. The number of hydrogen-bond acceptors (Lipinski definition) is 15. The Kier molecular flexibility index (Phi) is 15.5. The largest absolute Gasteiger partial charge is 0.508 e. The number of methoxy groups -OCH3 is 2. The Morgan fingerprint density at radius 1 is 0.878 bits per heavy atom. The van der Waals surface area contributed by atoms with E-state index < -0.39 is 11.6 Å². The van der Waals surface area contributed by atoms with Gasteiger partial charge in [-0.05, 0) is 123 Å². The average Bonchev–Trinajstić information content (AvgIpc) is 3.11. The van der Waals surface area contributed by atoms with Gasteiger partial charge in [0, 0.05) is 112 Å². The summed E-state index contributed by atoms with van der Waals surface area (Å²) in [6.07, 6.45) is 13.8. The first kappa shape index (κ1) is 55.1. The van der Waals surface area contributed by atoms with E-state index in [2.05, 4.69) is 77.3 Å². The molecule has 7 heterocycles. The van der Waals surface area contributed by atoms with Gasteiger partial charge >= 0.3 is 6.01 Å². The van der Waals surface area contributed by atoms with Gasteiger partial charge in [-0.1, -0.05) is 38.0 Å². The molecule has 4 aromatic carbocycles. The fraction of sp³-hybridized carbons (Fsp3) is 0.460. The van der Waals surface area contributed by atoms with Crippen LogP contribution in [-0.4, -0.2) is 160 Å². The number of halogens is 2. The third-order valence-electron chi connectivity index (χ3n) is 17.5. The summed E-state index contributed by atoms with van der Waals surface area (Å²) in [5.41, 5.74) is 3.74. The number of rotatable bonds is 18. The highest BCUT2D eigenvalue weighted by molar-refractivity contribution is 6.03. The molecule has 4 aliphatic heterocycles. The monoisotopic (exact) mass is 1110 g/mol. The number of likely N-dealkylation sites (tertiary alicyclic amines) is 1. The van der Waals surface area contributed by atoms with E-state index in [4.69, 9.17) is 30.6 Å². The number of hydrogen-bond donors (Lipinski definition) is 3. The maximum absolute atomic E-state index is 17.2. The number of nitrogens with one attached hydrogen (secondary N) is 2. The Morgan fingerprint density at radius 3 is 2.29 bits per heavy atom. The average molecular weight is 1120 g/mol. The molecular weight excluding hydrogens is 1040 g/mol. The van der Waals surface area contributed by atoms with E-state index in [1.54, 1.807) is 20.4 Å². The highest BCUT2D eigenvalue weighted by atomic mass is 19.1. The summed E-state index contributed by atoms with van der Waals surface area (Å²) in [7, 11) is 3.27. The minimum atomic E-state index is -0.724. The molecular formula is C63H72F2N12O5. The maximum Gasteiger partial charge on any atom is 0.319 e. The zero-order valence-electron chi connectivity index (χ0n) is 47.5. The van der Waals surface area contributed by atoms with Gasteiger partial charge in [-0.25, -0.2) is 8.78 Å². The molecule has 19 heteroatoms. The lowest BCUT2D eigenvalue weighted by Crippen LogP contribution is -2.51. The minimum absolute atomic E-state index is 0.0347. The van der Waals surface area contributed by atoms with E-state index in [0.29, 0.717) is 72.4 Å². The van der Waals surface area contributed by atoms with Crippen LogP contribution in [0, 0.1) is 35.3 Å². The molecule has 1 amide bonds. The van der Waals surface area contributed by atoms with Crippen LogP contribution in [0.5, 0.6) is 23.3 Å². The lowest BCUT2D eigenvalue weighted by molar-refractivity contribution is 0.0745. The summed E-state index contributed by atoms with van der Waals surface area (Å²) in [5.74, 6) is 4.04. The number of fused-ring (bicyclic) bond motifs is 4. The molecule has 5 aliphatic rings. The Labute approximate surface area is 477 Å². The summed E-state index contributed by atoms with van der Waals surface area (Å²) in [6.45, 7) is 17.3. The van der Waals surface area contributed by atoms with Crippen LogP contribution in [0.2, 0.25) is 0 Å². The Bertz CT molecular complexity index is 3560. The molecule has 12 rings (SSSR count). The molecule has 2 bridgehead atoms. The first-order chi connectivity index (χ1) is 39.8. The number of phenols is 1. The number of pyridine rings is 1. The van der Waals surface area contributed by atoms with Crippen molar-refractivity contribution >= 4 is 33.4 Å². The van der Waals surface area contributed by atoms with E-state index in [1.165, 1.54) is 29.8 Å². The van der Waals surface area contributed by atoms with E-state index >= 15 is 8.78 Å². The molecule has 5 fully saturated rings. The summed E-state index contributed by atoms with van der Waals surface area (Å²) in [4.78, 5) is 37.6. The van der Waals surface area contributed by atoms with Crippen LogP contribution in [0.4, 0.5) is 14.6 Å².